The highest BCUT2D eigenvalue weighted by Crippen LogP contribution is 1.95. The van der Waals surface area contributed by atoms with Crippen molar-refractivity contribution in [2.75, 3.05) is 6.54 Å². The van der Waals surface area contributed by atoms with Gasteiger partial charge in [-0.25, -0.2) is 9.59 Å². The molecule has 0 aliphatic carbocycles. The van der Waals surface area contributed by atoms with Gasteiger partial charge in [0, 0.05) is 18.9 Å². The Labute approximate surface area is 105 Å². The van der Waals surface area contributed by atoms with Gasteiger partial charge < -0.3 is 15.7 Å². The first-order chi connectivity index (χ1) is 8.63. The summed E-state index contributed by atoms with van der Waals surface area (Å²) in [6.45, 7) is 2.14. The molecule has 0 saturated heterocycles. The zero-order valence-corrected chi connectivity index (χ0v) is 10.2. The number of carbonyl (C=O) groups is 2. The first-order valence-electron chi connectivity index (χ1n) is 5.79. The van der Waals surface area contributed by atoms with E-state index < -0.39 is 18.0 Å². The molecule has 0 radical (unpaired) electrons. The number of aliphatic carboxylic acids is 1. The fourth-order valence-electron chi connectivity index (χ4n) is 1.41. The number of rotatable bonds is 6. The lowest BCUT2D eigenvalue weighted by molar-refractivity contribution is -0.139. The molecule has 0 bridgehead atoms. The molecule has 0 aromatic carbocycles. The van der Waals surface area contributed by atoms with Crippen LogP contribution in [0.25, 0.3) is 0 Å². The third-order valence-electron chi connectivity index (χ3n) is 2.43. The Bertz CT molecular complexity index is 395. The van der Waals surface area contributed by atoms with Crippen LogP contribution < -0.4 is 10.6 Å². The molecule has 18 heavy (non-hydrogen) atoms. The van der Waals surface area contributed by atoms with E-state index in [1.165, 1.54) is 0 Å². The predicted molar refractivity (Wildman–Crippen MR) is 66.2 cm³/mol. The van der Waals surface area contributed by atoms with Crippen LogP contribution in [0.2, 0.25) is 0 Å². The van der Waals surface area contributed by atoms with Crippen molar-refractivity contribution in [3.63, 3.8) is 0 Å². The Morgan fingerprint density at radius 1 is 1.50 bits per heavy atom. The van der Waals surface area contributed by atoms with Crippen molar-refractivity contribution < 1.29 is 14.7 Å². The third kappa shape index (κ3) is 4.82. The summed E-state index contributed by atoms with van der Waals surface area (Å²) in [6, 6.07) is 2.43. The maximum Gasteiger partial charge on any atom is 0.326 e. The molecular weight excluding hydrogens is 234 g/mol. The van der Waals surface area contributed by atoms with Crippen LogP contribution in [-0.2, 0) is 11.2 Å². The quantitative estimate of drug-likeness (QED) is 0.697. The van der Waals surface area contributed by atoms with Crippen LogP contribution >= 0.6 is 0 Å². The summed E-state index contributed by atoms with van der Waals surface area (Å²) in [5.74, 6) is -1.03. The molecule has 1 heterocycles. The molecule has 0 spiro atoms. The fourth-order valence-corrected chi connectivity index (χ4v) is 1.41. The van der Waals surface area contributed by atoms with E-state index in [2.05, 4.69) is 15.6 Å². The van der Waals surface area contributed by atoms with E-state index in [0.29, 0.717) is 19.4 Å². The summed E-state index contributed by atoms with van der Waals surface area (Å²) in [7, 11) is 0. The summed E-state index contributed by atoms with van der Waals surface area (Å²) in [4.78, 5) is 26.1. The smallest absolute Gasteiger partial charge is 0.326 e. The number of carboxylic acids is 1. The highest BCUT2D eigenvalue weighted by atomic mass is 16.4. The van der Waals surface area contributed by atoms with E-state index in [-0.39, 0.29) is 0 Å². The van der Waals surface area contributed by atoms with Crippen LogP contribution in [0.15, 0.2) is 24.5 Å². The van der Waals surface area contributed by atoms with Crippen molar-refractivity contribution in [2.45, 2.75) is 25.8 Å². The summed E-state index contributed by atoms with van der Waals surface area (Å²) >= 11 is 0. The molecule has 0 aliphatic rings. The second-order valence-corrected chi connectivity index (χ2v) is 3.81. The van der Waals surface area contributed by atoms with Gasteiger partial charge in [-0.1, -0.05) is 13.0 Å². The van der Waals surface area contributed by atoms with Gasteiger partial charge in [0.1, 0.15) is 6.04 Å². The van der Waals surface area contributed by atoms with Crippen molar-refractivity contribution in [3.8, 4) is 0 Å². The van der Waals surface area contributed by atoms with Gasteiger partial charge in [-0.2, -0.15) is 0 Å². The first kappa shape index (κ1) is 14.0. The SMILES string of the molecule is CCC(NC(=O)NCCc1cccnc1)C(=O)O. The van der Waals surface area contributed by atoms with Crippen LogP contribution in [0, 0.1) is 0 Å². The second-order valence-electron chi connectivity index (χ2n) is 3.81. The maximum atomic E-state index is 11.4. The minimum absolute atomic E-state index is 0.353. The number of carbonyl (C=O) groups excluding carboxylic acids is 1. The third-order valence-corrected chi connectivity index (χ3v) is 2.43. The Kier molecular flexibility index (Phi) is 5.63. The van der Waals surface area contributed by atoms with Gasteiger partial charge in [-0.05, 0) is 24.5 Å². The van der Waals surface area contributed by atoms with Crippen molar-refractivity contribution >= 4 is 12.0 Å². The summed E-state index contributed by atoms with van der Waals surface area (Å²) in [6.07, 6.45) is 4.42. The molecule has 0 aliphatic heterocycles. The number of hydrogen-bond acceptors (Lipinski definition) is 3. The monoisotopic (exact) mass is 251 g/mol. The Hall–Kier alpha value is -2.11. The van der Waals surface area contributed by atoms with E-state index in [9.17, 15) is 9.59 Å². The van der Waals surface area contributed by atoms with Gasteiger partial charge in [-0.3, -0.25) is 4.98 Å². The predicted octanol–water partition coefficient (Wildman–Crippen LogP) is 0.786. The van der Waals surface area contributed by atoms with Gasteiger partial charge in [0.15, 0.2) is 0 Å². The van der Waals surface area contributed by atoms with Crippen LogP contribution in [-0.4, -0.2) is 34.7 Å². The first-order valence-corrected chi connectivity index (χ1v) is 5.79. The van der Waals surface area contributed by atoms with Crippen molar-refractivity contribution in [1.29, 1.82) is 0 Å². The molecule has 98 valence electrons. The summed E-state index contributed by atoms with van der Waals surface area (Å²) in [5, 5.41) is 13.8. The lowest BCUT2D eigenvalue weighted by Crippen LogP contribution is -2.46. The van der Waals surface area contributed by atoms with Gasteiger partial charge >= 0.3 is 12.0 Å². The van der Waals surface area contributed by atoms with Crippen LogP contribution in [0.4, 0.5) is 4.79 Å². The summed E-state index contributed by atoms with van der Waals surface area (Å²) in [5.41, 5.74) is 1.02. The average Bonchev–Trinajstić information content (AvgIpc) is 2.37. The number of nitrogens with zero attached hydrogens (tertiary/aromatic N) is 1. The normalized spacial score (nSPS) is 11.6. The summed E-state index contributed by atoms with van der Waals surface area (Å²) < 4.78 is 0. The average molecular weight is 251 g/mol. The van der Waals surface area contributed by atoms with E-state index in [1.807, 2.05) is 12.1 Å². The molecule has 6 heteroatoms. The van der Waals surface area contributed by atoms with Gasteiger partial charge in [0.2, 0.25) is 0 Å². The van der Waals surface area contributed by atoms with Gasteiger partial charge in [0.25, 0.3) is 0 Å². The number of amides is 2. The Morgan fingerprint density at radius 3 is 2.83 bits per heavy atom. The standard InChI is InChI=1S/C12H17N3O3/c1-2-10(11(16)17)15-12(18)14-7-5-9-4-3-6-13-8-9/h3-4,6,8,10H,2,5,7H2,1H3,(H,16,17)(H2,14,15,18). The molecule has 1 aromatic heterocycles. The topological polar surface area (TPSA) is 91.3 Å². The zero-order chi connectivity index (χ0) is 13.4. The van der Waals surface area contributed by atoms with Crippen molar-refractivity contribution in [1.82, 2.24) is 15.6 Å². The number of hydrogen-bond donors (Lipinski definition) is 3. The number of nitrogens with one attached hydrogen (secondary N) is 2. The fraction of sp³-hybridized carbons (Fsp3) is 0.417. The Morgan fingerprint density at radius 2 is 2.28 bits per heavy atom. The largest absolute Gasteiger partial charge is 0.480 e. The van der Waals surface area contributed by atoms with Crippen LogP contribution in [0.3, 0.4) is 0 Å². The van der Waals surface area contributed by atoms with Crippen LogP contribution in [0.5, 0.6) is 0 Å². The van der Waals surface area contributed by atoms with E-state index in [0.717, 1.165) is 5.56 Å². The molecule has 6 nitrogen and oxygen atoms in total. The molecule has 0 saturated carbocycles. The lowest BCUT2D eigenvalue weighted by atomic mass is 10.2. The number of urea groups is 1. The molecule has 2 amide bonds. The highest BCUT2D eigenvalue weighted by molar-refractivity contribution is 5.82. The number of carboxylic acid groups (broad SMARTS) is 1. The number of aromatic nitrogens is 1. The second kappa shape index (κ2) is 7.26. The highest BCUT2D eigenvalue weighted by Gasteiger charge is 2.16. The Balaban J connectivity index is 2.27. The molecule has 1 aromatic rings. The van der Waals surface area contributed by atoms with Crippen molar-refractivity contribution in [2.24, 2.45) is 0 Å². The molecule has 3 N–H and O–H groups in total. The molecule has 1 rings (SSSR count). The zero-order valence-electron chi connectivity index (χ0n) is 10.2. The van der Waals surface area contributed by atoms with E-state index in [1.54, 1.807) is 19.3 Å². The maximum absolute atomic E-state index is 11.4. The lowest BCUT2D eigenvalue weighted by Gasteiger charge is -2.13. The molecule has 1 atom stereocenters. The van der Waals surface area contributed by atoms with E-state index >= 15 is 0 Å². The molecule has 0 fully saturated rings. The minimum atomic E-state index is -1.03. The number of pyridine rings is 1. The molecular formula is C12H17N3O3. The van der Waals surface area contributed by atoms with Gasteiger partial charge in [-0.15, -0.1) is 0 Å². The van der Waals surface area contributed by atoms with Crippen molar-refractivity contribution in [3.05, 3.63) is 30.1 Å². The van der Waals surface area contributed by atoms with Gasteiger partial charge in [0.05, 0.1) is 0 Å². The van der Waals surface area contributed by atoms with Crippen LogP contribution in [0.1, 0.15) is 18.9 Å². The van der Waals surface area contributed by atoms with E-state index in [4.69, 9.17) is 5.11 Å². The molecule has 1 unspecified atom stereocenters. The minimum Gasteiger partial charge on any atom is -0.480 e.